The van der Waals surface area contributed by atoms with Gasteiger partial charge in [0.2, 0.25) is 0 Å². The quantitative estimate of drug-likeness (QED) is 0.831. The first-order valence-electron chi connectivity index (χ1n) is 6.91. The average Bonchev–Trinajstić information content (AvgIpc) is 2.40. The van der Waals surface area contributed by atoms with Gasteiger partial charge in [-0.2, -0.15) is 0 Å². The summed E-state index contributed by atoms with van der Waals surface area (Å²) in [6, 6.07) is 13.3. The molecular formula is C17H20BrFN2. The zero-order valence-electron chi connectivity index (χ0n) is 12.5. The Morgan fingerprint density at radius 1 is 1.14 bits per heavy atom. The van der Waals surface area contributed by atoms with Crippen LogP contribution in [0, 0.1) is 5.82 Å². The molecule has 2 nitrogen and oxygen atoms in total. The van der Waals surface area contributed by atoms with Gasteiger partial charge in [0, 0.05) is 22.3 Å². The van der Waals surface area contributed by atoms with E-state index in [-0.39, 0.29) is 11.9 Å². The van der Waals surface area contributed by atoms with E-state index in [9.17, 15) is 4.39 Å². The van der Waals surface area contributed by atoms with Crippen LogP contribution in [-0.4, -0.2) is 19.0 Å². The molecule has 0 heterocycles. The molecule has 0 aliphatic rings. The van der Waals surface area contributed by atoms with Gasteiger partial charge in [-0.25, -0.2) is 4.39 Å². The normalized spacial score (nSPS) is 12.5. The SMILES string of the molecule is CC(Nc1ccc(CN(C)C)cc1)c1ccc(Br)cc1F. The maximum atomic E-state index is 13.9. The fourth-order valence-corrected chi connectivity index (χ4v) is 2.59. The number of nitrogens with one attached hydrogen (secondary N) is 1. The molecule has 0 aliphatic carbocycles. The highest BCUT2D eigenvalue weighted by atomic mass is 79.9. The van der Waals surface area contributed by atoms with Gasteiger partial charge < -0.3 is 10.2 Å². The molecule has 1 atom stereocenters. The lowest BCUT2D eigenvalue weighted by molar-refractivity contribution is 0.402. The third kappa shape index (κ3) is 4.55. The van der Waals surface area contributed by atoms with Crippen LogP contribution in [0.25, 0.3) is 0 Å². The van der Waals surface area contributed by atoms with Crippen LogP contribution >= 0.6 is 15.9 Å². The van der Waals surface area contributed by atoms with E-state index in [2.05, 4.69) is 38.3 Å². The van der Waals surface area contributed by atoms with Crippen LogP contribution < -0.4 is 5.32 Å². The molecule has 0 radical (unpaired) electrons. The minimum Gasteiger partial charge on any atom is -0.378 e. The van der Waals surface area contributed by atoms with Gasteiger partial charge in [-0.1, -0.05) is 34.1 Å². The van der Waals surface area contributed by atoms with Gasteiger partial charge in [0.15, 0.2) is 0 Å². The number of benzene rings is 2. The molecule has 4 heteroatoms. The first-order valence-corrected chi connectivity index (χ1v) is 7.70. The molecule has 0 amide bonds. The number of hydrogen-bond donors (Lipinski definition) is 1. The Balaban J connectivity index is 2.06. The molecule has 1 unspecified atom stereocenters. The van der Waals surface area contributed by atoms with Crippen LogP contribution in [-0.2, 0) is 6.54 Å². The molecule has 1 N–H and O–H groups in total. The fourth-order valence-electron chi connectivity index (χ4n) is 2.25. The number of rotatable bonds is 5. The monoisotopic (exact) mass is 350 g/mol. The van der Waals surface area contributed by atoms with Crippen LogP contribution in [0.1, 0.15) is 24.1 Å². The minimum absolute atomic E-state index is 0.0854. The van der Waals surface area contributed by atoms with E-state index < -0.39 is 0 Å². The Labute approximate surface area is 134 Å². The first kappa shape index (κ1) is 16.0. The highest BCUT2D eigenvalue weighted by Crippen LogP contribution is 2.24. The second-order valence-corrected chi connectivity index (χ2v) is 6.38. The molecule has 0 aliphatic heterocycles. The van der Waals surface area contributed by atoms with E-state index in [1.807, 2.05) is 39.2 Å². The summed E-state index contributed by atoms with van der Waals surface area (Å²) < 4.78 is 14.7. The zero-order valence-corrected chi connectivity index (χ0v) is 14.1. The van der Waals surface area contributed by atoms with E-state index in [1.54, 1.807) is 6.07 Å². The molecule has 0 aromatic heterocycles. The molecular weight excluding hydrogens is 331 g/mol. The molecule has 2 aromatic rings. The molecule has 0 saturated heterocycles. The lowest BCUT2D eigenvalue weighted by Crippen LogP contribution is -2.11. The predicted molar refractivity (Wildman–Crippen MR) is 90.0 cm³/mol. The van der Waals surface area contributed by atoms with E-state index in [0.29, 0.717) is 5.56 Å². The molecule has 2 rings (SSSR count). The molecule has 0 saturated carbocycles. The van der Waals surface area contributed by atoms with E-state index >= 15 is 0 Å². The molecule has 2 aromatic carbocycles. The summed E-state index contributed by atoms with van der Waals surface area (Å²) in [6.07, 6.45) is 0. The van der Waals surface area contributed by atoms with Gasteiger partial charge >= 0.3 is 0 Å². The summed E-state index contributed by atoms with van der Waals surface area (Å²) in [5.74, 6) is -0.200. The number of nitrogens with zero attached hydrogens (tertiary/aromatic N) is 1. The third-order valence-corrected chi connectivity index (χ3v) is 3.76. The summed E-state index contributed by atoms with van der Waals surface area (Å²) in [7, 11) is 4.09. The fraction of sp³-hybridized carbons (Fsp3) is 0.294. The second-order valence-electron chi connectivity index (χ2n) is 5.47. The second kappa shape index (κ2) is 7.05. The summed E-state index contributed by atoms with van der Waals surface area (Å²) in [4.78, 5) is 2.13. The average molecular weight is 351 g/mol. The van der Waals surface area contributed by atoms with Crippen molar-refractivity contribution in [3.05, 3.63) is 63.9 Å². The Hall–Kier alpha value is -1.39. The summed E-state index contributed by atoms with van der Waals surface area (Å²) in [6.45, 7) is 2.87. The maximum Gasteiger partial charge on any atom is 0.129 e. The van der Waals surface area contributed by atoms with Crippen molar-refractivity contribution in [1.82, 2.24) is 4.90 Å². The van der Waals surface area contributed by atoms with Crippen molar-refractivity contribution >= 4 is 21.6 Å². The van der Waals surface area contributed by atoms with Crippen molar-refractivity contribution in [2.45, 2.75) is 19.5 Å². The highest BCUT2D eigenvalue weighted by Gasteiger charge is 2.11. The standard InChI is InChI=1S/C17H20BrFN2/c1-12(16-9-6-14(18)10-17(16)19)20-15-7-4-13(5-8-15)11-21(2)3/h4-10,12,20H,11H2,1-3H3. The van der Waals surface area contributed by atoms with Crippen molar-refractivity contribution in [1.29, 1.82) is 0 Å². The van der Waals surface area contributed by atoms with Crippen molar-refractivity contribution < 1.29 is 4.39 Å². The van der Waals surface area contributed by atoms with Crippen LogP contribution in [0.3, 0.4) is 0 Å². The van der Waals surface area contributed by atoms with Gasteiger partial charge in [0.25, 0.3) is 0 Å². The topological polar surface area (TPSA) is 15.3 Å². The Morgan fingerprint density at radius 3 is 2.38 bits per heavy atom. The van der Waals surface area contributed by atoms with Crippen LogP contribution in [0.15, 0.2) is 46.9 Å². The first-order chi connectivity index (χ1) is 9.95. The van der Waals surface area contributed by atoms with Crippen molar-refractivity contribution in [2.75, 3.05) is 19.4 Å². The molecule has 112 valence electrons. The minimum atomic E-state index is -0.200. The number of halogens is 2. The molecule has 21 heavy (non-hydrogen) atoms. The lowest BCUT2D eigenvalue weighted by Gasteiger charge is -2.17. The third-order valence-electron chi connectivity index (χ3n) is 3.26. The zero-order chi connectivity index (χ0) is 15.4. The summed E-state index contributed by atoms with van der Waals surface area (Å²) >= 11 is 3.28. The summed E-state index contributed by atoms with van der Waals surface area (Å²) in [5, 5.41) is 3.33. The molecule has 0 bridgehead atoms. The number of anilines is 1. The smallest absolute Gasteiger partial charge is 0.129 e. The largest absolute Gasteiger partial charge is 0.378 e. The lowest BCUT2D eigenvalue weighted by atomic mass is 10.1. The Morgan fingerprint density at radius 2 is 1.81 bits per heavy atom. The van der Waals surface area contributed by atoms with Crippen LogP contribution in [0.5, 0.6) is 0 Å². The van der Waals surface area contributed by atoms with Crippen molar-refractivity contribution in [3.63, 3.8) is 0 Å². The maximum absolute atomic E-state index is 13.9. The van der Waals surface area contributed by atoms with Crippen molar-refractivity contribution in [3.8, 4) is 0 Å². The van der Waals surface area contributed by atoms with Gasteiger partial charge in [0.05, 0.1) is 6.04 Å². The number of hydrogen-bond acceptors (Lipinski definition) is 2. The Kier molecular flexibility index (Phi) is 5.37. The van der Waals surface area contributed by atoms with Gasteiger partial charge in [-0.3, -0.25) is 0 Å². The molecule has 0 fully saturated rings. The van der Waals surface area contributed by atoms with Gasteiger partial charge in [-0.05, 0) is 50.8 Å². The van der Waals surface area contributed by atoms with Crippen molar-refractivity contribution in [2.24, 2.45) is 0 Å². The predicted octanol–water partition coefficient (Wildman–Crippen LogP) is 4.82. The van der Waals surface area contributed by atoms with Gasteiger partial charge in [-0.15, -0.1) is 0 Å². The van der Waals surface area contributed by atoms with E-state index in [1.165, 1.54) is 11.6 Å². The van der Waals surface area contributed by atoms with Crippen LogP contribution in [0.2, 0.25) is 0 Å². The van der Waals surface area contributed by atoms with E-state index in [0.717, 1.165) is 16.7 Å². The van der Waals surface area contributed by atoms with E-state index in [4.69, 9.17) is 0 Å². The highest BCUT2D eigenvalue weighted by molar-refractivity contribution is 9.10. The molecule has 0 spiro atoms. The Bertz CT molecular complexity index is 596. The summed E-state index contributed by atoms with van der Waals surface area (Å²) in [5.41, 5.74) is 2.91. The van der Waals surface area contributed by atoms with Gasteiger partial charge in [0.1, 0.15) is 5.82 Å². The van der Waals surface area contributed by atoms with Crippen LogP contribution in [0.4, 0.5) is 10.1 Å².